The lowest BCUT2D eigenvalue weighted by Gasteiger charge is -2.26. The molecule has 0 saturated carbocycles. The van der Waals surface area contributed by atoms with Gasteiger partial charge in [-0.15, -0.1) is 0 Å². The molecule has 3 aromatic rings. The van der Waals surface area contributed by atoms with Gasteiger partial charge in [0.1, 0.15) is 23.9 Å². The Bertz CT molecular complexity index is 1330. The van der Waals surface area contributed by atoms with E-state index in [0.29, 0.717) is 12.0 Å². The zero-order valence-corrected chi connectivity index (χ0v) is 22.8. The molecule has 3 amide bonds. The predicted molar refractivity (Wildman–Crippen MR) is 150 cm³/mol. The molecule has 0 aliphatic heterocycles. The average Bonchev–Trinajstić information content (AvgIpc) is 3.30. The molecular weight excluding hydrogens is 514 g/mol. The summed E-state index contributed by atoms with van der Waals surface area (Å²) in [6, 6.07) is 9.29. The number of aliphatic carboxylic acids is 1. The Labute approximate surface area is 232 Å². The number of carboxylic acid groups (broad SMARTS) is 1. The summed E-state index contributed by atoms with van der Waals surface area (Å²) in [4.78, 5) is 54.4. The first-order valence-electron chi connectivity index (χ1n) is 13.2. The number of phenolic OH excluding ortho intramolecular Hbond substituents is 1. The summed E-state index contributed by atoms with van der Waals surface area (Å²) >= 11 is 0. The predicted octanol–water partition coefficient (Wildman–Crippen LogP) is 1.59. The Morgan fingerprint density at radius 3 is 2.05 bits per heavy atom. The number of H-pyrrole nitrogens is 1. The van der Waals surface area contributed by atoms with Crippen molar-refractivity contribution in [2.45, 2.75) is 64.2 Å². The second kappa shape index (κ2) is 13.6. The molecule has 0 aliphatic carbocycles. The highest BCUT2D eigenvalue weighted by atomic mass is 16.4. The maximum atomic E-state index is 13.5. The number of aromatic nitrogens is 1. The van der Waals surface area contributed by atoms with Gasteiger partial charge < -0.3 is 36.9 Å². The van der Waals surface area contributed by atoms with E-state index in [1.807, 2.05) is 38.1 Å². The topological polar surface area (TPSA) is 187 Å². The van der Waals surface area contributed by atoms with Crippen LogP contribution in [0.15, 0.2) is 54.7 Å². The van der Waals surface area contributed by atoms with Gasteiger partial charge in [-0.25, -0.2) is 4.79 Å². The number of nitrogens with two attached hydrogens (primary N) is 1. The van der Waals surface area contributed by atoms with Crippen LogP contribution in [0.4, 0.5) is 0 Å². The van der Waals surface area contributed by atoms with Crippen LogP contribution in [0.25, 0.3) is 10.9 Å². The molecule has 11 heteroatoms. The van der Waals surface area contributed by atoms with Gasteiger partial charge in [-0.1, -0.05) is 44.2 Å². The van der Waals surface area contributed by atoms with E-state index in [-0.39, 0.29) is 24.5 Å². The summed E-state index contributed by atoms with van der Waals surface area (Å²) in [6.07, 6.45) is 2.09. The summed E-state index contributed by atoms with van der Waals surface area (Å²) < 4.78 is 0. The maximum absolute atomic E-state index is 13.5. The molecule has 1 aromatic heterocycles. The van der Waals surface area contributed by atoms with Crippen molar-refractivity contribution in [3.63, 3.8) is 0 Å². The summed E-state index contributed by atoms with van der Waals surface area (Å²) in [6.45, 7) is 5.30. The van der Waals surface area contributed by atoms with Gasteiger partial charge in [0.05, 0.1) is 6.04 Å². The molecule has 4 atom stereocenters. The Kier molecular flexibility index (Phi) is 10.3. The largest absolute Gasteiger partial charge is 0.508 e. The van der Waals surface area contributed by atoms with Gasteiger partial charge in [-0.3, -0.25) is 14.4 Å². The molecule has 0 fully saturated rings. The first-order valence-corrected chi connectivity index (χ1v) is 13.2. The number of nitrogens with one attached hydrogen (secondary N) is 4. The number of carbonyl (C=O) groups excluding carboxylic acids is 3. The molecule has 0 bridgehead atoms. The third kappa shape index (κ3) is 8.31. The summed E-state index contributed by atoms with van der Waals surface area (Å²) in [5, 5.41) is 28.1. The number of fused-ring (bicyclic) bond motifs is 1. The number of carbonyl (C=O) groups is 4. The SMILES string of the molecule is CC(C)CC(NC(=O)C(C)N)C(=O)NC(Cc1c[nH]c2ccccc12)C(=O)NC(Cc1ccc(O)cc1)C(=O)O. The minimum absolute atomic E-state index is 0.0322. The molecule has 0 radical (unpaired) electrons. The van der Waals surface area contributed by atoms with Gasteiger partial charge in [0, 0.05) is 29.9 Å². The van der Waals surface area contributed by atoms with E-state index in [4.69, 9.17) is 5.73 Å². The fraction of sp³-hybridized carbons (Fsp3) is 0.379. The first-order chi connectivity index (χ1) is 18.9. The van der Waals surface area contributed by atoms with Crippen molar-refractivity contribution in [2.24, 2.45) is 11.7 Å². The van der Waals surface area contributed by atoms with Gasteiger partial charge in [0.2, 0.25) is 17.7 Å². The minimum atomic E-state index is -1.29. The van der Waals surface area contributed by atoms with Crippen LogP contribution >= 0.6 is 0 Å². The quantitative estimate of drug-likeness (QED) is 0.168. The van der Waals surface area contributed by atoms with E-state index in [0.717, 1.165) is 16.5 Å². The number of para-hydroxylation sites is 1. The molecule has 0 aliphatic rings. The Hall–Kier alpha value is -4.38. The highest BCUT2D eigenvalue weighted by Gasteiger charge is 2.31. The van der Waals surface area contributed by atoms with Crippen molar-refractivity contribution in [1.82, 2.24) is 20.9 Å². The molecule has 214 valence electrons. The lowest BCUT2D eigenvalue weighted by atomic mass is 10.00. The highest BCUT2D eigenvalue weighted by molar-refractivity contribution is 5.94. The van der Waals surface area contributed by atoms with Crippen LogP contribution < -0.4 is 21.7 Å². The number of hydrogen-bond donors (Lipinski definition) is 7. The van der Waals surface area contributed by atoms with Crippen LogP contribution in [0.2, 0.25) is 0 Å². The number of amides is 3. The maximum Gasteiger partial charge on any atom is 0.326 e. The minimum Gasteiger partial charge on any atom is -0.508 e. The molecule has 40 heavy (non-hydrogen) atoms. The van der Waals surface area contributed by atoms with Crippen LogP contribution in [0, 0.1) is 5.92 Å². The fourth-order valence-electron chi connectivity index (χ4n) is 4.35. The van der Waals surface area contributed by atoms with Gasteiger partial charge in [0.15, 0.2) is 0 Å². The van der Waals surface area contributed by atoms with E-state index in [1.165, 1.54) is 19.1 Å². The third-order valence-corrected chi connectivity index (χ3v) is 6.48. The molecule has 0 saturated heterocycles. The number of benzene rings is 2. The second-order valence-corrected chi connectivity index (χ2v) is 10.4. The molecule has 3 rings (SSSR count). The van der Waals surface area contributed by atoms with Crippen molar-refractivity contribution in [2.75, 3.05) is 0 Å². The first kappa shape index (κ1) is 30.2. The zero-order chi connectivity index (χ0) is 29.4. The number of carboxylic acids is 1. The molecule has 0 spiro atoms. The number of aromatic amines is 1. The average molecular weight is 552 g/mol. The van der Waals surface area contributed by atoms with E-state index >= 15 is 0 Å². The van der Waals surface area contributed by atoms with Crippen LogP contribution in [-0.2, 0) is 32.0 Å². The Balaban J connectivity index is 1.87. The summed E-state index contributed by atoms with van der Waals surface area (Å²) in [7, 11) is 0. The molecule has 2 aromatic carbocycles. The lowest BCUT2D eigenvalue weighted by molar-refractivity contribution is -0.142. The van der Waals surface area contributed by atoms with Gasteiger partial charge >= 0.3 is 5.97 Å². The lowest BCUT2D eigenvalue weighted by Crippen LogP contribution is -2.57. The van der Waals surface area contributed by atoms with Gasteiger partial charge in [0.25, 0.3) is 0 Å². The second-order valence-electron chi connectivity index (χ2n) is 10.4. The molecule has 1 heterocycles. The zero-order valence-electron chi connectivity index (χ0n) is 22.8. The smallest absolute Gasteiger partial charge is 0.326 e. The molecule has 8 N–H and O–H groups in total. The van der Waals surface area contributed by atoms with Crippen molar-refractivity contribution >= 4 is 34.6 Å². The van der Waals surface area contributed by atoms with E-state index < -0.39 is 47.9 Å². The van der Waals surface area contributed by atoms with Crippen molar-refractivity contribution in [3.05, 3.63) is 65.9 Å². The Morgan fingerprint density at radius 1 is 0.825 bits per heavy atom. The molecular formula is C29H37N5O6. The van der Waals surface area contributed by atoms with Crippen LogP contribution in [-0.4, -0.2) is 63.1 Å². The molecule has 4 unspecified atom stereocenters. The number of aromatic hydroxyl groups is 1. The summed E-state index contributed by atoms with van der Waals surface area (Å²) in [5.41, 5.74) is 7.88. The van der Waals surface area contributed by atoms with Crippen molar-refractivity contribution in [1.29, 1.82) is 0 Å². The van der Waals surface area contributed by atoms with Crippen LogP contribution in [0.3, 0.4) is 0 Å². The van der Waals surface area contributed by atoms with Crippen molar-refractivity contribution < 1.29 is 29.4 Å². The monoisotopic (exact) mass is 551 g/mol. The van der Waals surface area contributed by atoms with Gasteiger partial charge in [-0.05, 0) is 48.6 Å². The van der Waals surface area contributed by atoms with Crippen LogP contribution in [0.1, 0.15) is 38.3 Å². The van der Waals surface area contributed by atoms with E-state index in [9.17, 15) is 29.4 Å². The van der Waals surface area contributed by atoms with Crippen molar-refractivity contribution in [3.8, 4) is 5.75 Å². The number of hydrogen-bond acceptors (Lipinski definition) is 6. The molecule has 11 nitrogen and oxygen atoms in total. The van der Waals surface area contributed by atoms with E-state index in [2.05, 4.69) is 20.9 Å². The standard InChI is InChI=1S/C29H37N5O6/c1-16(2)12-23(32-26(36)17(3)30)27(37)33-24(14-19-15-31-22-7-5-4-6-21(19)22)28(38)34-25(29(39)40)13-18-8-10-20(35)11-9-18/h4-11,15-17,23-25,31,35H,12-14,30H2,1-3H3,(H,32,36)(H,33,37)(H,34,38)(H,39,40). The van der Waals surface area contributed by atoms with Crippen LogP contribution in [0.5, 0.6) is 5.75 Å². The van der Waals surface area contributed by atoms with E-state index in [1.54, 1.807) is 18.3 Å². The number of rotatable bonds is 13. The summed E-state index contributed by atoms with van der Waals surface area (Å²) in [5.74, 6) is -2.93. The Morgan fingerprint density at radius 2 is 1.43 bits per heavy atom. The highest BCUT2D eigenvalue weighted by Crippen LogP contribution is 2.20. The third-order valence-electron chi connectivity index (χ3n) is 6.48. The normalized spacial score (nSPS) is 14.2. The van der Waals surface area contributed by atoms with Gasteiger partial charge in [-0.2, -0.15) is 0 Å². The fourth-order valence-corrected chi connectivity index (χ4v) is 4.35. The number of phenols is 1.